The number of piperazine rings is 1. The van der Waals surface area contributed by atoms with Crippen molar-refractivity contribution in [2.75, 3.05) is 32.7 Å². The molecule has 1 saturated heterocycles. The molecule has 2 heterocycles. The second-order valence-electron chi connectivity index (χ2n) is 4.18. The zero-order chi connectivity index (χ0) is 13.7. The fourth-order valence-corrected chi connectivity index (χ4v) is 1.78. The molecule has 6 nitrogen and oxygen atoms in total. The van der Waals surface area contributed by atoms with E-state index in [1.807, 2.05) is 0 Å². The minimum atomic E-state index is -0.506. The topological polar surface area (TPSA) is 74.3 Å². The zero-order valence-electron chi connectivity index (χ0n) is 10.4. The number of rotatable bonds is 3. The summed E-state index contributed by atoms with van der Waals surface area (Å²) in [6.45, 7) is 2.74. The molecule has 0 aliphatic carbocycles. The van der Waals surface area contributed by atoms with Gasteiger partial charge in [0.2, 0.25) is 5.91 Å². The lowest BCUT2D eigenvalue weighted by Crippen LogP contribution is -2.49. The molecule has 19 heavy (non-hydrogen) atoms. The Balaban J connectivity index is 1.82. The van der Waals surface area contributed by atoms with Crippen LogP contribution in [0, 0.1) is 5.82 Å². The van der Waals surface area contributed by atoms with Gasteiger partial charge in [-0.15, -0.1) is 0 Å². The van der Waals surface area contributed by atoms with Gasteiger partial charge in [0.25, 0.3) is 5.91 Å². The molecule has 0 bridgehead atoms. The third kappa shape index (κ3) is 3.72. The van der Waals surface area contributed by atoms with E-state index >= 15 is 0 Å². The molecular weight excluding hydrogens is 251 g/mol. The Morgan fingerprint density at radius 1 is 1.37 bits per heavy atom. The van der Waals surface area contributed by atoms with E-state index in [0.29, 0.717) is 13.1 Å². The number of nitrogens with one attached hydrogen (secondary N) is 2. The van der Waals surface area contributed by atoms with Gasteiger partial charge >= 0.3 is 0 Å². The maximum atomic E-state index is 12.6. The van der Waals surface area contributed by atoms with Crippen molar-refractivity contribution in [2.45, 2.75) is 0 Å². The number of pyridine rings is 1. The molecule has 1 aliphatic rings. The summed E-state index contributed by atoms with van der Waals surface area (Å²) in [6, 6.07) is 2.43. The average molecular weight is 266 g/mol. The van der Waals surface area contributed by atoms with Gasteiger partial charge in [-0.05, 0) is 12.1 Å². The van der Waals surface area contributed by atoms with Gasteiger partial charge in [-0.1, -0.05) is 0 Å². The van der Waals surface area contributed by atoms with Gasteiger partial charge < -0.3 is 15.5 Å². The minimum absolute atomic E-state index is 0.0715. The molecule has 102 valence electrons. The van der Waals surface area contributed by atoms with Crippen LogP contribution in [0.2, 0.25) is 0 Å². The predicted molar refractivity (Wildman–Crippen MR) is 66.0 cm³/mol. The number of carbonyl (C=O) groups excluding carboxylic acids is 2. The number of aromatic nitrogens is 1. The first-order valence-electron chi connectivity index (χ1n) is 6.05. The second-order valence-corrected chi connectivity index (χ2v) is 4.18. The van der Waals surface area contributed by atoms with E-state index in [4.69, 9.17) is 0 Å². The Hall–Kier alpha value is -2.02. The maximum absolute atomic E-state index is 12.6. The Kier molecular flexibility index (Phi) is 4.40. The van der Waals surface area contributed by atoms with Gasteiger partial charge in [-0.3, -0.25) is 9.59 Å². The van der Waals surface area contributed by atoms with E-state index < -0.39 is 11.7 Å². The molecule has 1 aromatic heterocycles. The van der Waals surface area contributed by atoms with Crippen molar-refractivity contribution in [1.82, 2.24) is 20.5 Å². The number of halogens is 1. The Labute approximate surface area is 110 Å². The van der Waals surface area contributed by atoms with Gasteiger partial charge in [0.1, 0.15) is 11.5 Å². The van der Waals surface area contributed by atoms with Gasteiger partial charge in [-0.2, -0.15) is 0 Å². The normalized spacial score (nSPS) is 15.1. The summed E-state index contributed by atoms with van der Waals surface area (Å²) in [5.41, 5.74) is 0.0921. The first-order chi connectivity index (χ1) is 9.16. The second kappa shape index (κ2) is 6.24. The van der Waals surface area contributed by atoms with Crippen LogP contribution in [0.4, 0.5) is 4.39 Å². The van der Waals surface area contributed by atoms with Gasteiger partial charge in [0.15, 0.2) is 0 Å². The van der Waals surface area contributed by atoms with Crippen LogP contribution in [-0.2, 0) is 4.79 Å². The first-order valence-corrected chi connectivity index (χ1v) is 6.05. The summed E-state index contributed by atoms with van der Waals surface area (Å²) in [4.78, 5) is 28.8. The van der Waals surface area contributed by atoms with Crippen molar-refractivity contribution in [2.24, 2.45) is 0 Å². The lowest BCUT2D eigenvalue weighted by molar-refractivity contribution is -0.130. The van der Waals surface area contributed by atoms with E-state index in [-0.39, 0.29) is 18.1 Å². The maximum Gasteiger partial charge on any atom is 0.270 e. The van der Waals surface area contributed by atoms with Crippen LogP contribution in [0.1, 0.15) is 10.5 Å². The molecular formula is C12H15FN4O2. The number of carbonyl (C=O) groups is 2. The molecule has 1 fully saturated rings. The molecule has 2 N–H and O–H groups in total. The summed E-state index contributed by atoms with van der Waals surface area (Å²) >= 11 is 0. The summed E-state index contributed by atoms with van der Waals surface area (Å²) in [5, 5.41) is 5.62. The highest BCUT2D eigenvalue weighted by atomic mass is 19.1. The quantitative estimate of drug-likeness (QED) is 0.765. The van der Waals surface area contributed by atoms with Gasteiger partial charge in [-0.25, -0.2) is 9.37 Å². The van der Waals surface area contributed by atoms with Crippen molar-refractivity contribution in [1.29, 1.82) is 0 Å². The molecule has 0 atom stereocenters. The standard InChI is InChI=1S/C12H15FN4O2/c13-9-1-2-10(15-7-9)12(19)16-8-11(18)17-5-3-14-4-6-17/h1-2,7,14H,3-6,8H2,(H,16,19). The van der Waals surface area contributed by atoms with E-state index in [9.17, 15) is 14.0 Å². The van der Waals surface area contributed by atoms with E-state index in [1.54, 1.807) is 4.90 Å². The number of amides is 2. The number of hydrogen-bond donors (Lipinski definition) is 2. The molecule has 1 aromatic rings. The Morgan fingerprint density at radius 3 is 2.74 bits per heavy atom. The summed E-state index contributed by atoms with van der Waals surface area (Å²) < 4.78 is 12.6. The molecule has 0 aromatic carbocycles. The molecule has 1 aliphatic heterocycles. The molecule has 0 radical (unpaired) electrons. The first kappa shape index (κ1) is 13.4. The van der Waals surface area contributed by atoms with E-state index in [2.05, 4.69) is 15.6 Å². The lowest BCUT2D eigenvalue weighted by Gasteiger charge is -2.27. The third-order valence-corrected chi connectivity index (χ3v) is 2.83. The van der Waals surface area contributed by atoms with Crippen molar-refractivity contribution < 1.29 is 14.0 Å². The van der Waals surface area contributed by atoms with Crippen molar-refractivity contribution in [3.05, 3.63) is 29.8 Å². The lowest BCUT2D eigenvalue weighted by atomic mass is 10.3. The average Bonchev–Trinajstić information content (AvgIpc) is 2.46. The highest BCUT2D eigenvalue weighted by Gasteiger charge is 2.17. The molecule has 0 spiro atoms. The van der Waals surface area contributed by atoms with Gasteiger partial charge in [0.05, 0.1) is 12.7 Å². The highest BCUT2D eigenvalue weighted by Crippen LogP contribution is 1.98. The molecule has 0 unspecified atom stereocenters. The number of hydrogen-bond acceptors (Lipinski definition) is 4. The van der Waals surface area contributed by atoms with Crippen LogP contribution in [0.15, 0.2) is 18.3 Å². The van der Waals surface area contributed by atoms with Crippen LogP contribution in [-0.4, -0.2) is 54.4 Å². The SMILES string of the molecule is O=C(NCC(=O)N1CCNCC1)c1ccc(F)cn1. The van der Waals surface area contributed by atoms with Gasteiger partial charge in [0, 0.05) is 26.2 Å². The van der Waals surface area contributed by atoms with Crippen LogP contribution < -0.4 is 10.6 Å². The van der Waals surface area contributed by atoms with Crippen molar-refractivity contribution in [3.8, 4) is 0 Å². The summed E-state index contributed by atoms with van der Waals surface area (Å²) in [5.74, 6) is -1.12. The molecule has 2 rings (SSSR count). The molecule has 7 heteroatoms. The van der Waals surface area contributed by atoms with Crippen LogP contribution in [0.5, 0.6) is 0 Å². The summed E-state index contributed by atoms with van der Waals surface area (Å²) in [7, 11) is 0. The molecule has 0 saturated carbocycles. The smallest absolute Gasteiger partial charge is 0.270 e. The van der Waals surface area contributed by atoms with E-state index in [0.717, 1.165) is 25.4 Å². The monoisotopic (exact) mass is 266 g/mol. The summed E-state index contributed by atoms with van der Waals surface area (Å²) in [6.07, 6.45) is 0.965. The molecule has 2 amide bonds. The zero-order valence-corrected chi connectivity index (χ0v) is 10.4. The fourth-order valence-electron chi connectivity index (χ4n) is 1.78. The van der Waals surface area contributed by atoms with Crippen molar-refractivity contribution >= 4 is 11.8 Å². The fraction of sp³-hybridized carbons (Fsp3) is 0.417. The van der Waals surface area contributed by atoms with E-state index in [1.165, 1.54) is 6.07 Å². The van der Waals surface area contributed by atoms with Crippen LogP contribution >= 0.6 is 0 Å². The minimum Gasteiger partial charge on any atom is -0.342 e. The Bertz CT molecular complexity index is 457. The van der Waals surface area contributed by atoms with Crippen molar-refractivity contribution in [3.63, 3.8) is 0 Å². The number of nitrogens with zero attached hydrogens (tertiary/aromatic N) is 2. The van der Waals surface area contributed by atoms with Crippen LogP contribution in [0.3, 0.4) is 0 Å². The van der Waals surface area contributed by atoms with Crippen LogP contribution in [0.25, 0.3) is 0 Å². The highest BCUT2D eigenvalue weighted by molar-refractivity contribution is 5.94. The third-order valence-electron chi connectivity index (χ3n) is 2.83. The predicted octanol–water partition coefficient (Wildman–Crippen LogP) is -0.618. The Morgan fingerprint density at radius 2 is 2.11 bits per heavy atom. The largest absolute Gasteiger partial charge is 0.342 e.